The third-order valence-corrected chi connectivity index (χ3v) is 6.04. The Hall–Kier alpha value is -0.640. The molecule has 1 heterocycles. The number of rotatable bonds is 3. The van der Waals surface area contributed by atoms with Gasteiger partial charge >= 0.3 is 5.97 Å². The number of hydrogen-bond acceptors (Lipinski definition) is 3. The van der Waals surface area contributed by atoms with Gasteiger partial charge in [-0.1, -0.05) is 13.3 Å². The maximum absolute atomic E-state index is 13.6. The Kier molecular flexibility index (Phi) is 5.06. The Labute approximate surface area is 132 Å². The lowest BCUT2D eigenvalue weighted by Gasteiger charge is -2.46. The first-order valence-corrected chi connectivity index (χ1v) is 8.88. The molecule has 0 spiro atoms. The molecule has 1 aliphatic heterocycles. The van der Waals surface area contributed by atoms with Gasteiger partial charge in [0.05, 0.1) is 12.5 Å². The van der Waals surface area contributed by atoms with Gasteiger partial charge in [-0.25, -0.2) is 4.39 Å². The van der Waals surface area contributed by atoms with Crippen LogP contribution in [0.5, 0.6) is 0 Å². The highest BCUT2D eigenvalue weighted by molar-refractivity contribution is 5.70. The van der Waals surface area contributed by atoms with E-state index in [0.717, 1.165) is 25.7 Å². The van der Waals surface area contributed by atoms with Gasteiger partial charge in [0.15, 0.2) is 0 Å². The fourth-order valence-electron chi connectivity index (χ4n) is 4.88. The Balaban J connectivity index is 1.56. The summed E-state index contributed by atoms with van der Waals surface area (Å²) in [6.45, 7) is 2.30. The highest BCUT2D eigenvalue weighted by Crippen LogP contribution is 2.48. The summed E-state index contributed by atoms with van der Waals surface area (Å²) >= 11 is 0. The van der Waals surface area contributed by atoms with E-state index in [2.05, 4.69) is 13.3 Å². The van der Waals surface area contributed by atoms with Crippen LogP contribution in [0.15, 0.2) is 0 Å². The van der Waals surface area contributed by atoms with Crippen molar-refractivity contribution in [3.63, 3.8) is 0 Å². The van der Waals surface area contributed by atoms with Gasteiger partial charge in [-0.15, -0.1) is 0 Å². The van der Waals surface area contributed by atoms with Crippen LogP contribution in [0.1, 0.15) is 58.3 Å². The minimum Gasteiger partial charge on any atom is -0.462 e. The van der Waals surface area contributed by atoms with Crippen LogP contribution in [0.25, 0.3) is 0 Å². The monoisotopic (exact) mass is 311 g/mol. The number of cyclic esters (lactones) is 1. The number of ether oxygens (including phenoxy) is 1. The number of carbonyl (C=O) groups excluding carboxylic acids is 1. The van der Waals surface area contributed by atoms with E-state index in [9.17, 15) is 14.3 Å². The number of aliphatic hydroxyl groups is 1. The van der Waals surface area contributed by atoms with Crippen LogP contribution in [-0.4, -0.2) is 29.5 Å². The lowest BCUT2D eigenvalue weighted by Crippen LogP contribution is -2.39. The molecule has 22 heavy (non-hydrogen) atoms. The van der Waals surface area contributed by atoms with E-state index in [1.54, 1.807) is 0 Å². The highest BCUT2D eigenvalue weighted by Gasteiger charge is 2.41. The van der Waals surface area contributed by atoms with E-state index in [-0.39, 0.29) is 18.5 Å². The predicted molar refractivity (Wildman–Crippen MR) is 81.7 cm³/mol. The minimum atomic E-state index is -0.648. The number of carbonyl (C=O) groups is 1. The summed E-state index contributed by atoms with van der Waals surface area (Å²) in [5, 5.41) is 9.71. The molecule has 4 heteroatoms. The average Bonchev–Trinajstić information content (AvgIpc) is 2.45. The van der Waals surface area contributed by atoms with Gasteiger partial charge in [-0.2, -0.15) is 0 Å². The Bertz CT molecular complexity index is 400. The quantitative estimate of drug-likeness (QED) is 0.812. The molecule has 3 aliphatic rings. The van der Waals surface area contributed by atoms with Crippen molar-refractivity contribution in [3.05, 3.63) is 6.42 Å². The summed E-state index contributed by atoms with van der Waals surface area (Å²) in [7, 11) is 0. The summed E-state index contributed by atoms with van der Waals surface area (Å²) in [5.41, 5.74) is 0. The Morgan fingerprint density at radius 3 is 2.91 bits per heavy atom. The maximum atomic E-state index is 13.6. The van der Waals surface area contributed by atoms with Crippen LogP contribution in [-0.2, 0) is 9.53 Å². The molecular formula is C18H28FO3. The summed E-state index contributed by atoms with van der Waals surface area (Å²) < 4.78 is 19.0. The van der Waals surface area contributed by atoms with Crippen LogP contribution in [0.4, 0.5) is 4.39 Å². The standard InChI is InChI=1S/C18H28FO3/c1-11-2-3-12-8-13(19)4-6-17(12)16(11)7-5-15-9-14(20)10-18(21)22-15/h6,11-17,20H,2-5,7-10H2,1H3. The maximum Gasteiger partial charge on any atom is 0.308 e. The second-order valence-corrected chi connectivity index (χ2v) is 7.64. The van der Waals surface area contributed by atoms with Crippen molar-refractivity contribution in [3.8, 4) is 0 Å². The van der Waals surface area contributed by atoms with E-state index >= 15 is 0 Å². The number of halogens is 1. The zero-order chi connectivity index (χ0) is 15.7. The fraction of sp³-hybridized carbons (Fsp3) is 0.889. The summed E-state index contributed by atoms with van der Waals surface area (Å²) in [6.07, 6.45) is 7.08. The first-order valence-electron chi connectivity index (χ1n) is 8.88. The fourth-order valence-corrected chi connectivity index (χ4v) is 4.88. The molecule has 2 aliphatic carbocycles. The van der Waals surface area contributed by atoms with Crippen molar-refractivity contribution in [2.45, 2.75) is 76.7 Å². The Morgan fingerprint density at radius 2 is 2.14 bits per heavy atom. The van der Waals surface area contributed by atoms with E-state index in [1.807, 2.05) is 0 Å². The van der Waals surface area contributed by atoms with E-state index in [4.69, 9.17) is 4.74 Å². The van der Waals surface area contributed by atoms with Gasteiger partial charge in [-0.05, 0) is 62.2 Å². The molecule has 0 aromatic carbocycles. The number of esters is 1. The van der Waals surface area contributed by atoms with Crippen LogP contribution < -0.4 is 0 Å². The lowest BCUT2D eigenvalue weighted by molar-refractivity contribution is -0.160. The number of hydrogen-bond donors (Lipinski definition) is 1. The molecule has 7 atom stereocenters. The van der Waals surface area contributed by atoms with Crippen molar-refractivity contribution in [1.29, 1.82) is 0 Å². The van der Waals surface area contributed by atoms with E-state index < -0.39 is 12.3 Å². The first kappa shape index (κ1) is 16.2. The van der Waals surface area contributed by atoms with Crippen molar-refractivity contribution >= 4 is 5.97 Å². The zero-order valence-electron chi connectivity index (χ0n) is 13.4. The number of alkyl halides is 1. The first-order chi connectivity index (χ1) is 10.5. The topological polar surface area (TPSA) is 46.5 Å². The second-order valence-electron chi connectivity index (χ2n) is 7.64. The molecule has 2 saturated carbocycles. The van der Waals surface area contributed by atoms with Crippen molar-refractivity contribution in [2.75, 3.05) is 0 Å². The second kappa shape index (κ2) is 6.86. The largest absolute Gasteiger partial charge is 0.462 e. The lowest BCUT2D eigenvalue weighted by atomic mass is 9.60. The molecule has 125 valence electrons. The SMILES string of the molecule is CC1CCC2CC(F)C[CH]C2C1CCC1CC(O)CC(=O)O1. The molecule has 3 nitrogen and oxygen atoms in total. The van der Waals surface area contributed by atoms with Crippen molar-refractivity contribution in [1.82, 2.24) is 0 Å². The Morgan fingerprint density at radius 1 is 1.32 bits per heavy atom. The van der Waals surface area contributed by atoms with Gasteiger partial charge in [-0.3, -0.25) is 4.79 Å². The van der Waals surface area contributed by atoms with Gasteiger partial charge in [0, 0.05) is 6.42 Å². The van der Waals surface area contributed by atoms with Gasteiger partial charge in [0.1, 0.15) is 12.3 Å². The molecule has 0 bridgehead atoms. The minimum absolute atomic E-state index is 0.132. The molecule has 0 amide bonds. The van der Waals surface area contributed by atoms with Gasteiger partial charge < -0.3 is 9.84 Å². The zero-order valence-corrected chi connectivity index (χ0v) is 13.4. The van der Waals surface area contributed by atoms with Crippen molar-refractivity contribution < 1.29 is 19.0 Å². The predicted octanol–water partition coefficient (Wildman–Crippen LogP) is 3.45. The molecule has 7 unspecified atom stereocenters. The van der Waals surface area contributed by atoms with Crippen LogP contribution >= 0.6 is 0 Å². The highest BCUT2D eigenvalue weighted by atomic mass is 19.1. The molecule has 1 radical (unpaired) electrons. The van der Waals surface area contributed by atoms with Crippen molar-refractivity contribution in [2.24, 2.45) is 23.7 Å². The molecule has 1 saturated heterocycles. The molecule has 0 aromatic rings. The van der Waals surface area contributed by atoms with E-state index in [1.165, 1.54) is 6.42 Å². The van der Waals surface area contributed by atoms with Crippen LogP contribution in [0.3, 0.4) is 0 Å². The molecule has 3 fully saturated rings. The molecule has 0 aromatic heterocycles. The molecular weight excluding hydrogens is 283 g/mol. The summed E-state index contributed by atoms with van der Waals surface area (Å²) in [5.74, 6) is 1.98. The third-order valence-electron chi connectivity index (χ3n) is 6.04. The summed E-state index contributed by atoms with van der Waals surface area (Å²) in [6, 6.07) is 0. The van der Waals surface area contributed by atoms with E-state index in [0.29, 0.717) is 36.5 Å². The van der Waals surface area contributed by atoms with Crippen LogP contribution in [0.2, 0.25) is 0 Å². The average molecular weight is 311 g/mol. The number of aliphatic hydroxyl groups excluding tert-OH is 1. The third kappa shape index (κ3) is 3.64. The van der Waals surface area contributed by atoms with Gasteiger partial charge in [0.2, 0.25) is 0 Å². The normalized spacial score (nSPS) is 46.0. The van der Waals surface area contributed by atoms with Crippen LogP contribution in [0, 0.1) is 30.1 Å². The summed E-state index contributed by atoms with van der Waals surface area (Å²) in [4.78, 5) is 11.4. The molecule has 1 N–H and O–H groups in total. The molecule has 3 rings (SSSR count). The smallest absolute Gasteiger partial charge is 0.308 e. The number of fused-ring (bicyclic) bond motifs is 1. The van der Waals surface area contributed by atoms with Gasteiger partial charge in [0.25, 0.3) is 0 Å².